The Balaban J connectivity index is 3.63. The molecule has 0 aliphatic rings. The van der Waals surface area contributed by atoms with E-state index in [-0.39, 0.29) is 23.7 Å². The minimum Gasteiger partial charge on any atom is -0.356 e. The van der Waals surface area contributed by atoms with Crippen molar-refractivity contribution in [3.8, 4) is 0 Å². The summed E-state index contributed by atoms with van der Waals surface area (Å²) in [6.45, 7) is 10.9. The summed E-state index contributed by atoms with van der Waals surface area (Å²) in [6, 6.07) is 0. The minimum atomic E-state index is 0.0304. The lowest BCUT2D eigenvalue weighted by molar-refractivity contribution is -0.125. The van der Waals surface area contributed by atoms with Crippen molar-refractivity contribution in [3.63, 3.8) is 0 Å². The molecule has 0 bridgehead atoms. The molecule has 4 heteroatoms. The van der Waals surface area contributed by atoms with E-state index < -0.39 is 0 Å². The molecule has 0 aliphatic heterocycles. The quantitative estimate of drug-likeness (QED) is 0.711. The maximum atomic E-state index is 11.3. The Labute approximate surface area is 105 Å². The molecule has 0 aliphatic carbocycles. The van der Waals surface area contributed by atoms with Crippen LogP contribution in [0.1, 0.15) is 41.0 Å². The Bertz CT molecular complexity index is 250. The van der Waals surface area contributed by atoms with Gasteiger partial charge in [0.15, 0.2) is 0 Å². The molecule has 0 aromatic carbocycles. The van der Waals surface area contributed by atoms with Crippen LogP contribution in [0.3, 0.4) is 0 Å². The van der Waals surface area contributed by atoms with Crippen molar-refractivity contribution >= 4 is 11.8 Å². The molecule has 0 radical (unpaired) electrons. The van der Waals surface area contributed by atoms with Crippen LogP contribution < -0.4 is 10.6 Å². The fourth-order valence-electron chi connectivity index (χ4n) is 1.23. The second-order valence-electron chi connectivity index (χ2n) is 5.24. The first-order chi connectivity index (χ1) is 7.84. The van der Waals surface area contributed by atoms with Gasteiger partial charge in [-0.1, -0.05) is 34.6 Å². The first kappa shape index (κ1) is 15.9. The highest BCUT2D eigenvalue weighted by Gasteiger charge is 2.10. The summed E-state index contributed by atoms with van der Waals surface area (Å²) in [4.78, 5) is 22.6. The standard InChI is InChI=1S/C13H26N2O2/c1-9(2)12(16)14-7-6-11(5)8-15-13(17)10(3)4/h9-11H,6-8H2,1-5H3,(H,14,16)(H,15,17). The molecule has 1 unspecified atom stereocenters. The number of hydrogen-bond donors (Lipinski definition) is 2. The van der Waals surface area contributed by atoms with Crippen molar-refractivity contribution in [2.24, 2.45) is 17.8 Å². The lowest BCUT2D eigenvalue weighted by atomic mass is 10.1. The van der Waals surface area contributed by atoms with Crippen LogP contribution in [0.2, 0.25) is 0 Å². The van der Waals surface area contributed by atoms with Gasteiger partial charge in [0.1, 0.15) is 0 Å². The van der Waals surface area contributed by atoms with E-state index in [1.165, 1.54) is 0 Å². The van der Waals surface area contributed by atoms with Gasteiger partial charge < -0.3 is 10.6 Å². The van der Waals surface area contributed by atoms with Crippen molar-refractivity contribution in [1.29, 1.82) is 0 Å². The Morgan fingerprint density at radius 3 is 1.82 bits per heavy atom. The summed E-state index contributed by atoms with van der Waals surface area (Å²) in [7, 11) is 0. The zero-order valence-corrected chi connectivity index (χ0v) is 11.7. The molecule has 0 fully saturated rings. The van der Waals surface area contributed by atoms with Crippen LogP contribution in [-0.4, -0.2) is 24.9 Å². The van der Waals surface area contributed by atoms with Crippen molar-refractivity contribution < 1.29 is 9.59 Å². The number of carbonyl (C=O) groups is 2. The molecule has 1 atom stereocenters. The molecule has 0 spiro atoms. The largest absolute Gasteiger partial charge is 0.356 e. The molecule has 17 heavy (non-hydrogen) atoms. The second-order valence-corrected chi connectivity index (χ2v) is 5.24. The van der Waals surface area contributed by atoms with Gasteiger partial charge in [-0.15, -0.1) is 0 Å². The minimum absolute atomic E-state index is 0.0304. The Morgan fingerprint density at radius 2 is 1.35 bits per heavy atom. The first-order valence-corrected chi connectivity index (χ1v) is 6.40. The molecule has 0 saturated carbocycles. The van der Waals surface area contributed by atoms with Gasteiger partial charge in [-0.25, -0.2) is 0 Å². The van der Waals surface area contributed by atoms with Crippen LogP contribution in [0.15, 0.2) is 0 Å². The average Bonchev–Trinajstić information content (AvgIpc) is 2.25. The number of carbonyl (C=O) groups excluding carboxylic acids is 2. The van der Waals surface area contributed by atoms with Crippen molar-refractivity contribution in [1.82, 2.24) is 10.6 Å². The van der Waals surface area contributed by atoms with E-state index in [1.54, 1.807) is 0 Å². The van der Waals surface area contributed by atoms with E-state index in [0.29, 0.717) is 19.0 Å². The van der Waals surface area contributed by atoms with Gasteiger partial charge in [-0.05, 0) is 12.3 Å². The fraction of sp³-hybridized carbons (Fsp3) is 0.846. The highest BCUT2D eigenvalue weighted by Crippen LogP contribution is 2.00. The van der Waals surface area contributed by atoms with Crippen molar-refractivity contribution in [3.05, 3.63) is 0 Å². The smallest absolute Gasteiger partial charge is 0.222 e. The second kappa shape index (κ2) is 8.09. The van der Waals surface area contributed by atoms with Gasteiger partial charge in [0.2, 0.25) is 11.8 Å². The number of nitrogens with one attached hydrogen (secondary N) is 2. The number of amides is 2. The average molecular weight is 242 g/mol. The molecule has 0 aromatic heterocycles. The van der Waals surface area contributed by atoms with Crippen LogP contribution >= 0.6 is 0 Å². The summed E-state index contributed by atoms with van der Waals surface area (Å²) in [5, 5.41) is 5.76. The molecule has 0 rings (SSSR count). The molecular weight excluding hydrogens is 216 g/mol. The lowest BCUT2D eigenvalue weighted by Crippen LogP contribution is -2.34. The van der Waals surface area contributed by atoms with E-state index in [4.69, 9.17) is 0 Å². The topological polar surface area (TPSA) is 58.2 Å². The summed E-state index contributed by atoms with van der Waals surface area (Å²) in [5.41, 5.74) is 0. The molecule has 2 N–H and O–H groups in total. The van der Waals surface area contributed by atoms with Gasteiger partial charge in [0.25, 0.3) is 0 Å². The Hall–Kier alpha value is -1.06. The Morgan fingerprint density at radius 1 is 0.882 bits per heavy atom. The number of rotatable bonds is 7. The fourth-order valence-corrected chi connectivity index (χ4v) is 1.23. The predicted octanol–water partition coefficient (Wildman–Crippen LogP) is 1.56. The van der Waals surface area contributed by atoms with Crippen molar-refractivity contribution in [2.75, 3.05) is 13.1 Å². The van der Waals surface area contributed by atoms with E-state index in [0.717, 1.165) is 6.42 Å². The molecule has 0 saturated heterocycles. The van der Waals surface area contributed by atoms with Gasteiger partial charge >= 0.3 is 0 Å². The third-order valence-corrected chi connectivity index (χ3v) is 2.61. The van der Waals surface area contributed by atoms with E-state index in [9.17, 15) is 9.59 Å². The van der Waals surface area contributed by atoms with Gasteiger partial charge in [-0.2, -0.15) is 0 Å². The lowest BCUT2D eigenvalue weighted by Gasteiger charge is -2.14. The van der Waals surface area contributed by atoms with E-state index >= 15 is 0 Å². The van der Waals surface area contributed by atoms with Crippen LogP contribution in [0.4, 0.5) is 0 Å². The zero-order valence-electron chi connectivity index (χ0n) is 11.7. The maximum Gasteiger partial charge on any atom is 0.222 e. The van der Waals surface area contributed by atoms with Gasteiger partial charge in [0, 0.05) is 24.9 Å². The predicted molar refractivity (Wildman–Crippen MR) is 69.5 cm³/mol. The van der Waals surface area contributed by atoms with E-state index in [1.807, 2.05) is 27.7 Å². The molecule has 4 nitrogen and oxygen atoms in total. The normalized spacial score (nSPS) is 12.6. The van der Waals surface area contributed by atoms with Gasteiger partial charge in [-0.3, -0.25) is 9.59 Å². The molecular formula is C13H26N2O2. The molecule has 0 aromatic rings. The Kier molecular flexibility index (Phi) is 7.59. The third kappa shape index (κ3) is 7.77. The molecule has 100 valence electrons. The third-order valence-electron chi connectivity index (χ3n) is 2.61. The maximum absolute atomic E-state index is 11.3. The summed E-state index contributed by atoms with van der Waals surface area (Å²) >= 11 is 0. The SMILES string of the molecule is CC(CCNC(=O)C(C)C)CNC(=O)C(C)C. The van der Waals surface area contributed by atoms with Crippen LogP contribution in [0.5, 0.6) is 0 Å². The molecule has 2 amide bonds. The summed E-state index contributed by atoms with van der Waals surface area (Å²) in [6.07, 6.45) is 0.886. The summed E-state index contributed by atoms with van der Waals surface area (Å²) in [5.74, 6) is 0.616. The van der Waals surface area contributed by atoms with Gasteiger partial charge in [0.05, 0.1) is 0 Å². The highest BCUT2D eigenvalue weighted by molar-refractivity contribution is 5.78. The monoisotopic (exact) mass is 242 g/mol. The summed E-state index contributed by atoms with van der Waals surface area (Å²) < 4.78 is 0. The van der Waals surface area contributed by atoms with E-state index in [2.05, 4.69) is 17.6 Å². The van der Waals surface area contributed by atoms with Crippen LogP contribution in [-0.2, 0) is 9.59 Å². The zero-order chi connectivity index (χ0) is 13.4. The van der Waals surface area contributed by atoms with Crippen molar-refractivity contribution in [2.45, 2.75) is 41.0 Å². The first-order valence-electron chi connectivity index (χ1n) is 6.40. The molecule has 0 heterocycles. The van der Waals surface area contributed by atoms with Crippen LogP contribution in [0.25, 0.3) is 0 Å². The highest BCUT2D eigenvalue weighted by atomic mass is 16.2. The number of hydrogen-bond acceptors (Lipinski definition) is 2. The van der Waals surface area contributed by atoms with Crippen LogP contribution in [0, 0.1) is 17.8 Å².